The zero-order chi connectivity index (χ0) is 8.72. The summed E-state index contributed by atoms with van der Waals surface area (Å²) in [4.78, 5) is 0. The minimum atomic E-state index is 1.11. The molecule has 0 unspecified atom stereocenters. The van der Waals surface area contributed by atoms with Gasteiger partial charge in [-0.25, -0.2) is 0 Å². The molecule has 0 N–H and O–H groups in total. The molecular formula is C10H14N2. The van der Waals surface area contributed by atoms with Crippen LogP contribution < -0.4 is 0 Å². The molecule has 0 spiro atoms. The lowest BCUT2D eigenvalue weighted by molar-refractivity contribution is 0.716. The van der Waals surface area contributed by atoms with Crippen molar-refractivity contribution in [1.82, 2.24) is 9.78 Å². The predicted molar refractivity (Wildman–Crippen MR) is 49.9 cm³/mol. The summed E-state index contributed by atoms with van der Waals surface area (Å²) < 4.78 is 1.97. The summed E-state index contributed by atoms with van der Waals surface area (Å²) in [6.07, 6.45) is 4.55. The number of rotatable bonds is 0. The van der Waals surface area contributed by atoms with Gasteiger partial charge in [-0.15, -0.1) is 0 Å². The molecule has 0 amide bonds. The van der Waals surface area contributed by atoms with Crippen LogP contribution in [0.25, 0.3) is 6.08 Å². The molecule has 2 nitrogen and oxygen atoms in total. The zero-order valence-electron chi connectivity index (χ0n) is 7.89. The highest BCUT2D eigenvalue weighted by molar-refractivity contribution is 5.59. The number of hydrogen-bond acceptors (Lipinski definition) is 1. The van der Waals surface area contributed by atoms with Gasteiger partial charge in [0, 0.05) is 18.3 Å². The van der Waals surface area contributed by atoms with E-state index in [1.807, 2.05) is 11.7 Å². The van der Waals surface area contributed by atoms with E-state index < -0.39 is 0 Å². The van der Waals surface area contributed by atoms with Crippen molar-refractivity contribution in [3.05, 3.63) is 22.5 Å². The fourth-order valence-corrected chi connectivity index (χ4v) is 1.70. The third-order valence-corrected chi connectivity index (χ3v) is 2.60. The van der Waals surface area contributed by atoms with Crippen molar-refractivity contribution in [1.29, 1.82) is 0 Å². The van der Waals surface area contributed by atoms with E-state index in [1.54, 1.807) is 0 Å². The molecule has 1 aromatic heterocycles. The molecular weight excluding hydrogens is 148 g/mol. The molecule has 1 aromatic rings. The summed E-state index contributed by atoms with van der Waals surface area (Å²) in [5, 5.41) is 4.46. The lowest BCUT2D eigenvalue weighted by atomic mass is 9.97. The Bertz CT molecular complexity index is 345. The van der Waals surface area contributed by atoms with Gasteiger partial charge in [0.2, 0.25) is 0 Å². The molecule has 12 heavy (non-hydrogen) atoms. The monoisotopic (exact) mass is 162 g/mol. The van der Waals surface area contributed by atoms with E-state index in [2.05, 4.69) is 25.0 Å². The third-order valence-electron chi connectivity index (χ3n) is 2.60. The van der Waals surface area contributed by atoms with Crippen molar-refractivity contribution in [3.8, 4) is 0 Å². The van der Waals surface area contributed by atoms with Crippen molar-refractivity contribution in [2.45, 2.75) is 26.7 Å². The second-order valence-corrected chi connectivity index (χ2v) is 3.56. The van der Waals surface area contributed by atoms with Crippen molar-refractivity contribution in [3.63, 3.8) is 0 Å². The van der Waals surface area contributed by atoms with E-state index >= 15 is 0 Å². The summed E-state index contributed by atoms with van der Waals surface area (Å²) in [5.41, 5.74) is 5.37. The van der Waals surface area contributed by atoms with Gasteiger partial charge in [0.1, 0.15) is 0 Å². The van der Waals surface area contributed by atoms with Gasteiger partial charge in [0.15, 0.2) is 0 Å². The van der Waals surface area contributed by atoms with Gasteiger partial charge in [-0.05, 0) is 26.7 Å². The number of aryl methyl sites for hydroxylation is 2. The SMILES string of the molecule is CC1=Cc2c(nn(C)c2C)CC1. The maximum Gasteiger partial charge on any atom is 0.0702 e. The van der Waals surface area contributed by atoms with E-state index in [1.165, 1.54) is 28.9 Å². The summed E-state index contributed by atoms with van der Waals surface area (Å²) >= 11 is 0. The maximum atomic E-state index is 4.46. The van der Waals surface area contributed by atoms with E-state index in [-0.39, 0.29) is 0 Å². The standard InChI is InChI=1S/C10H14N2/c1-7-4-5-10-9(6-7)8(2)12(3)11-10/h6H,4-5H2,1-3H3. The van der Waals surface area contributed by atoms with Crippen LogP contribution in [0, 0.1) is 6.92 Å². The molecule has 0 saturated heterocycles. The fraction of sp³-hybridized carbons (Fsp3) is 0.500. The Hall–Kier alpha value is -1.05. The minimum absolute atomic E-state index is 1.11. The van der Waals surface area contributed by atoms with Crippen LogP contribution in [0.15, 0.2) is 5.57 Å². The molecule has 0 aliphatic heterocycles. The molecule has 1 heterocycles. The molecule has 2 rings (SSSR count). The zero-order valence-corrected chi connectivity index (χ0v) is 7.89. The van der Waals surface area contributed by atoms with Gasteiger partial charge >= 0.3 is 0 Å². The summed E-state index contributed by atoms with van der Waals surface area (Å²) in [5.74, 6) is 0. The highest BCUT2D eigenvalue weighted by Gasteiger charge is 2.14. The van der Waals surface area contributed by atoms with Crippen molar-refractivity contribution >= 4 is 6.08 Å². The highest BCUT2D eigenvalue weighted by Crippen LogP contribution is 2.24. The van der Waals surface area contributed by atoms with Crippen LogP contribution in [0.3, 0.4) is 0 Å². The number of hydrogen-bond donors (Lipinski definition) is 0. The predicted octanol–water partition coefficient (Wildman–Crippen LogP) is 2.08. The lowest BCUT2D eigenvalue weighted by Gasteiger charge is -2.07. The van der Waals surface area contributed by atoms with E-state index in [0.29, 0.717) is 0 Å². The van der Waals surface area contributed by atoms with E-state index in [4.69, 9.17) is 0 Å². The average molecular weight is 162 g/mol. The first-order valence-electron chi connectivity index (χ1n) is 4.38. The second-order valence-electron chi connectivity index (χ2n) is 3.56. The van der Waals surface area contributed by atoms with E-state index in [0.717, 1.165) is 6.42 Å². The molecule has 0 radical (unpaired) electrons. The summed E-state index contributed by atoms with van der Waals surface area (Å²) in [7, 11) is 2.01. The molecule has 0 saturated carbocycles. The van der Waals surface area contributed by atoms with Gasteiger partial charge in [-0.1, -0.05) is 11.6 Å². The highest BCUT2D eigenvalue weighted by atomic mass is 15.3. The molecule has 1 aliphatic carbocycles. The maximum absolute atomic E-state index is 4.46. The van der Waals surface area contributed by atoms with Gasteiger partial charge in [0.25, 0.3) is 0 Å². The Morgan fingerprint density at radius 2 is 2.08 bits per heavy atom. The quantitative estimate of drug-likeness (QED) is 0.571. The van der Waals surface area contributed by atoms with Crippen molar-refractivity contribution in [2.75, 3.05) is 0 Å². The Balaban J connectivity index is 2.59. The Morgan fingerprint density at radius 3 is 2.83 bits per heavy atom. The van der Waals surface area contributed by atoms with Crippen molar-refractivity contribution < 1.29 is 0 Å². The molecule has 0 aromatic carbocycles. The normalized spacial score (nSPS) is 15.8. The lowest BCUT2D eigenvalue weighted by Crippen LogP contribution is -1.96. The summed E-state index contributed by atoms with van der Waals surface area (Å²) in [6.45, 7) is 4.32. The average Bonchev–Trinajstić information content (AvgIpc) is 2.31. The summed E-state index contributed by atoms with van der Waals surface area (Å²) in [6, 6.07) is 0. The minimum Gasteiger partial charge on any atom is -0.272 e. The van der Waals surface area contributed by atoms with Crippen LogP contribution >= 0.6 is 0 Å². The molecule has 2 heteroatoms. The van der Waals surface area contributed by atoms with Crippen molar-refractivity contribution in [2.24, 2.45) is 7.05 Å². The van der Waals surface area contributed by atoms with Crippen LogP contribution in [0.2, 0.25) is 0 Å². The van der Waals surface area contributed by atoms with Crippen LogP contribution in [-0.4, -0.2) is 9.78 Å². The van der Waals surface area contributed by atoms with E-state index in [9.17, 15) is 0 Å². The first-order chi connectivity index (χ1) is 5.68. The number of allylic oxidation sites excluding steroid dienone is 1. The number of nitrogens with zero attached hydrogens (tertiary/aromatic N) is 2. The van der Waals surface area contributed by atoms with Gasteiger partial charge in [0.05, 0.1) is 5.69 Å². The largest absolute Gasteiger partial charge is 0.272 e. The Labute approximate surface area is 72.9 Å². The fourth-order valence-electron chi connectivity index (χ4n) is 1.70. The van der Waals surface area contributed by atoms with Gasteiger partial charge in [-0.3, -0.25) is 4.68 Å². The van der Waals surface area contributed by atoms with Crippen LogP contribution in [0.5, 0.6) is 0 Å². The third kappa shape index (κ3) is 0.986. The smallest absolute Gasteiger partial charge is 0.0702 e. The van der Waals surface area contributed by atoms with Crippen LogP contribution in [-0.2, 0) is 13.5 Å². The number of fused-ring (bicyclic) bond motifs is 1. The molecule has 64 valence electrons. The van der Waals surface area contributed by atoms with Crippen LogP contribution in [0.1, 0.15) is 30.3 Å². The topological polar surface area (TPSA) is 17.8 Å². The first kappa shape index (κ1) is 7.59. The Morgan fingerprint density at radius 1 is 1.33 bits per heavy atom. The second kappa shape index (κ2) is 2.47. The Kier molecular flexibility index (Phi) is 1.56. The van der Waals surface area contributed by atoms with Gasteiger partial charge < -0.3 is 0 Å². The molecule has 1 aliphatic rings. The first-order valence-corrected chi connectivity index (χ1v) is 4.38. The number of aromatic nitrogens is 2. The molecule has 0 fully saturated rings. The molecule has 0 atom stereocenters. The molecule has 0 bridgehead atoms. The van der Waals surface area contributed by atoms with Gasteiger partial charge in [-0.2, -0.15) is 5.10 Å². The van der Waals surface area contributed by atoms with Crippen LogP contribution in [0.4, 0.5) is 0 Å².